The highest BCUT2D eigenvalue weighted by Gasteiger charge is 2.28. The van der Waals surface area contributed by atoms with Crippen LogP contribution in [0, 0.1) is 0 Å². The van der Waals surface area contributed by atoms with Gasteiger partial charge in [-0.25, -0.2) is 4.79 Å². The molecule has 0 aromatic carbocycles. The lowest BCUT2D eigenvalue weighted by Crippen LogP contribution is -2.50. The molecule has 2 heteroatoms. The minimum atomic E-state index is 0.371. The Morgan fingerprint density at radius 3 is 1.68 bits per heavy atom. The SMILES string of the molecule is CCCCCCCC/C=C\CCCCCCCC(=O)[N+](C)(C)C(C)C. The number of carbonyl (C=O) groups is 1. The number of unbranched alkanes of at least 4 members (excludes halogenated alkanes) is 11. The fraction of sp³-hybridized carbons (Fsp3) is 0.870. The first-order chi connectivity index (χ1) is 11.9. The smallest absolute Gasteiger partial charge is 0.263 e. The van der Waals surface area contributed by atoms with Crippen molar-refractivity contribution in [1.82, 2.24) is 0 Å². The molecular weight excluding hydrogens is 306 g/mol. The van der Waals surface area contributed by atoms with Gasteiger partial charge in [-0.2, -0.15) is 0 Å². The average Bonchev–Trinajstić information content (AvgIpc) is 2.57. The van der Waals surface area contributed by atoms with Gasteiger partial charge in [0, 0.05) is 0 Å². The number of hydrogen-bond acceptors (Lipinski definition) is 1. The van der Waals surface area contributed by atoms with E-state index in [1.165, 1.54) is 77.0 Å². The maximum Gasteiger partial charge on any atom is 0.313 e. The van der Waals surface area contributed by atoms with Crippen LogP contribution in [0.1, 0.15) is 111 Å². The largest absolute Gasteiger partial charge is 0.313 e. The van der Waals surface area contributed by atoms with Crippen LogP contribution in [-0.2, 0) is 4.79 Å². The number of amides is 1. The van der Waals surface area contributed by atoms with E-state index in [0.29, 0.717) is 16.4 Å². The summed E-state index contributed by atoms with van der Waals surface area (Å²) in [6.07, 6.45) is 22.4. The predicted octanol–water partition coefficient (Wildman–Crippen LogP) is 7.04. The van der Waals surface area contributed by atoms with E-state index in [1.807, 2.05) is 14.1 Å². The van der Waals surface area contributed by atoms with Crippen molar-refractivity contribution in [1.29, 1.82) is 0 Å². The van der Waals surface area contributed by atoms with Crippen LogP contribution in [0.2, 0.25) is 0 Å². The van der Waals surface area contributed by atoms with Gasteiger partial charge >= 0.3 is 5.91 Å². The number of hydrogen-bond donors (Lipinski definition) is 0. The lowest BCUT2D eigenvalue weighted by molar-refractivity contribution is -0.836. The molecule has 0 rings (SSSR count). The van der Waals surface area contributed by atoms with Crippen LogP contribution in [0.25, 0.3) is 0 Å². The fourth-order valence-electron chi connectivity index (χ4n) is 2.92. The summed E-state index contributed by atoms with van der Waals surface area (Å²) in [5.41, 5.74) is 0. The first kappa shape index (κ1) is 24.4. The molecule has 0 heterocycles. The van der Waals surface area contributed by atoms with Crippen LogP contribution in [0.5, 0.6) is 0 Å². The number of allylic oxidation sites excluding steroid dienone is 2. The van der Waals surface area contributed by atoms with Gasteiger partial charge in [0.25, 0.3) is 0 Å². The third-order valence-electron chi connectivity index (χ3n) is 5.59. The lowest BCUT2D eigenvalue weighted by Gasteiger charge is -2.31. The first-order valence-electron chi connectivity index (χ1n) is 10.9. The molecule has 0 aliphatic rings. The molecule has 148 valence electrons. The molecule has 0 aliphatic carbocycles. The van der Waals surface area contributed by atoms with Crippen molar-refractivity contribution in [3.8, 4) is 0 Å². The van der Waals surface area contributed by atoms with Gasteiger partial charge in [0.2, 0.25) is 0 Å². The average molecular weight is 353 g/mol. The van der Waals surface area contributed by atoms with Crippen LogP contribution in [0.4, 0.5) is 0 Å². The quantitative estimate of drug-likeness (QED) is 0.165. The van der Waals surface area contributed by atoms with Gasteiger partial charge in [0.15, 0.2) is 0 Å². The summed E-state index contributed by atoms with van der Waals surface area (Å²) in [6.45, 7) is 6.52. The van der Waals surface area contributed by atoms with Gasteiger partial charge in [-0.15, -0.1) is 0 Å². The van der Waals surface area contributed by atoms with Crippen LogP contribution >= 0.6 is 0 Å². The van der Waals surface area contributed by atoms with Crippen LogP contribution in [0.3, 0.4) is 0 Å². The molecule has 0 radical (unpaired) electrons. The van der Waals surface area contributed by atoms with E-state index >= 15 is 0 Å². The lowest BCUT2D eigenvalue weighted by atomic mass is 10.1. The Bertz CT molecular complexity index is 344. The van der Waals surface area contributed by atoms with E-state index in [2.05, 4.69) is 32.9 Å². The summed E-state index contributed by atoms with van der Waals surface area (Å²) in [5, 5.41) is 0. The maximum atomic E-state index is 12.2. The van der Waals surface area contributed by atoms with Crippen molar-refractivity contribution in [2.45, 2.75) is 117 Å². The fourth-order valence-corrected chi connectivity index (χ4v) is 2.92. The minimum Gasteiger partial charge on any atom is -0.263 e. The molecule has 0 saturated heterocycles. The highest BCUT2D eigenvalue weighted by molar-refractivity contribution is 5.68. The summed E-state index contributed by atoms with van der Waals surface area (Å²) in [7, 11) is 4.06. The molecule has 0 fully saturated rings. The number of nitrogens with zero attached hydrogens (tertiary/aromatic N) is 1. The Balaban J connectivity index is 3.39. The Morgan fingerprint density at radius 1 is 0.760 bits per heavy atom. The second-order valence-corrected chi connectivity index (χ2v) is 8.36. The molecule has 0 aromatic rings. The zero-order valence-corrected chi connectivity index (χ0v) is 18.0. The van der Waals surface area contributed by atoms with Crippen molar-refractivity contribution in [2.75, 3.05) is 14.1 Å². The van der Waals surface area contributed by atoms with E-state index < -0.39 is 0 Å². The Labute approximate surface area is 158 Å². The molecule has 2 nitrogen and oxygen atoms in total. The van der Waals surface area contributed by atoms with Crippen molar-refractivity contribution < 1.29 is 9.28 Å². The Morgan fingerprint density at radius 2 is 1.20 bits per heavy atom. The summed E-state index contributed by atoms with van der Waals surface area (Å²) < 4.78 is 0.517. The molecule has 0 bridgehead atoms. The molecule has 0 aliphatic heterocycles. The molecular formula is C23H46NO+. The first-order valence-corrected chi connectivity index (χ1v) is 10.9. The monoisotopic (exact) mass is 352 g/mol. The number of carbonyl (C=O) groups excluding carboxylic acids is 1. The van der Waals surface area contributed by atoms with E-state index in [-0.39, 0.29) is 0 Å². The van der Waals surface area contributed by atoms with Gasteiger partial charge in [0.1, 0.15) is 0 Å². The van der Waals surface area contributed by atoms with Crippen molar-refractivity contribution >= 4 is 5.91 Å². The normalized spacial score (nSPS) is 12.4. The zero-order chi connectivity index (χ0) is 19.0. The molecule has 25 heavy (non-hydrogen) atoms. The second kappa shape index (κ2) is 15.6. The van der Waals surface area contributed by atoms with Gasteiger partial charge in [0.05, 0.1) is 26.6 Å². The van der Waals surface area contributed by atoms with Crippen LogP contribution in [-0.4, -0.2) is 30.5 Å². The van der Waals surface area contributed by atoms with Crippen LogP contribution < -0.4 is 0 Å². The Hall–Kier alpha value is -0.630. The van der Waals surface area contributed by atoms with Gasteiger partial charge in [-0.1, -0.05) is 70.4 Å². The van der Waals surface area contributed by atoms with Gasteiger partial charge < -0.3 is 0 Å². The van der Waals surface area contributed by atoms with E-state index in [1.54, 1.807) is 0 Å². The third-order valence-corrected chi connectivity index (χ3v) is 5.59. The van der Waals surface area contributed by atoms with E-state index in [9.17, 15) is 4.79 Å². The van der Waals surface area contributed by atoms with Gasteiger partial charge in [-0.05, 0) is 46.0 Å². The summed E-state index contributed by atoms with van der Waals surface area (Å²) in [4.78, 5) is 12.2. The molecule has 0 spiro atoms. The number of rotatable bonds is 16. The summed E-state index contributed by atoms with van der Waals surface area (Å²) in [5.74, 6) is 0.382. The van der Waals surface area contributed by atoms with Crippen molar-refractivity contribution in [3.05, 3.63) is 12.2 Å². The zero-order valence-electron chi connectivity index (χ0n) is 18.0. The highest BCUT2D eigenvalue weighted by atomic mass is 16.2. The topological polar surface area (TPSA) is 17.1 Å². The molecule has 0 unspecified atom stereocenters. The standard InChI is InChI=1S/C23H46NO/c1-6-7-8-9-10-11-12-13-14-15-16-17-18-19-20-21-23(25)24(4,5)22(2)3/h13-14,22H,6-12,15-21H2,1-5H3/q+1/b14-13-. The van der Waals surface area contributed by atoms with Crippen LogP contribution in [0.15, 0.2) is 12.2 Å². The summed E-state index contributed by atoms with van der Waals surface area (Å²) >= 11 is 0. The molecule has 0 saturated carbocycles. The van der Waals surface area contributed by atoms with E-state index in [0.717, 1.165) is 12.8 Å². The maximum absolute atomic E-state index is 12.2. The number of quaternary nitrogens is 1. The molecule has 0 N–H and O–H groups in total. The van der Waals surface area contributed by atoms with E-state index in [4.69, 9.17) is 0 Å². The molecule has 0 atom stereocenters. The molecule has 1 amide bonds. The second-order valence-electron chi connectivity index (χ2n) is 8.36. The summed E-state index contributed by atoms with van der Waals surface area (Å²) in [6, 6.07) is 0.371. The predicted molar refractivity (Wildman–Crippen MR) is 112 cm³/mol. The van der Waals surface area contributed by atoms with Gasteiger partial charge in [-0.3, -0.25) is 4.48 Å². The highest BCUT2D eigenvalue weighted by Crippen LogP contribution is 2.14. The molecule has 0 aromatic heterocycles. The van der Waals surface area contributed by atoms with Crippen molar-refractivity contribution in [2.24, 2.45) is 0 Å². The Kier molecular flexibility index (Phi) is 15.2. The van der Waals surface area contributed by atoms with Crippen molar-refractivity contribution in [3.63, 3.8) is 0 Å². The minimum absolute atomic E-state index is 0.371. The third kappa shape index (κ3) is 13.3.